The monoisotopic (exact) mass is 348 g/mol. The van der Waals surface area contributed by atoms with Crippen LogP contribution in [-0.4, -0.2) is 40.1 Å². The molecule has 10 heteroatoms. The molecular formula is C6H8Cl4O4S2. The van der Waals surface area contributed by atoms with E-state index in [0.717, 1.165) is 0 Å². The number of alkyl halides is 2. The van der Waals surface area contributed by atoms with Gasteiger partial charge in [-0.1, -0.05) is 23.2 Å². The third kappa shape index (κ3) is 4.58. The number of halogens is 4. The molecule has 16 heavy (non-hydrogen) atoms. The van der Waals surface area contributed by atoms with Crippen molar-refractivity contribution in [3.63, 3.8) is 0 Å². The van der Waals surface area contributed by atoms with Gasteiger partial charge in [0.2, 0.25) is 0 Å². The third-order valence-electron chi connectivity index (χ3n) is 1.39. The van der Waals surface area contributed by atoms with Crippen LogP contribution >= 0.6 is 46.4 Å². The molecule has 0 N–H and O–H groups in total. The first-order valence-electron chi connectivity index (χ1n) is 3.81. The van der Waals surface area contributed by atoms with E-state index in [1.54, 1.807) is 0 Å². The van der Waals surface area contributed by atoms with E-state index in [2.05, 4.69) is 0 Å². The van der Waals surface area contributed by atoms with Crippen LogP contribution in [0, 0.1) is 0 Å². The summed E-state index contributed by atoms with van der Waals surface area (Å²) in [5.41, 5.74) is 0. The number of sulfone groups is 2. The van der Waals surface area contributed by atoms with Gasteiger partial charge in [-0.05, 0) is 0 Å². The van der Waals surface area contributed by atoms with Gasteiger partial charge < -0.3 is 0 Å². The molecule has 0 aromatic carbocycles. The second-order valence-electron chi connectivity index (χ2n) is 2.56. The fourth-order valence-corrected chi connectivity index (χ4v) is 5.03. The summed E-state index contributed by atoms with van der Waals surface area (Å²) >= 11 is 21.3. The summed E-state index contributed by atoms with van der Waals surface area (Å²) in [6.07, 6.45) is 0. The van der Waals surface area contributed by atoms with Crippen molar-refractivity contribution in [3.8, 4) is 0 Å². The Morgan fingerprint density at radius 3 is 1.19 bits per heavy atom. The van der Waals surface area contributed by atoms with Gasteiger partial charge in [0, 0.05) is 11.8 Å². The summed E-state index contributed by atoms with van der Waals surface area (Å²) in [5, 5.41) is 0. The largest absolute Gasteiger partial charge is 0.223 e. The molecule has 0 aliphatic carbocycles. The van der Waals surface area contributed by atoms with Crippen LogP contribution in [0.25, 0.3) is 0 Å². The highest BCUT2D eigenvalue weighted by atomic mass is 35.5. The number of hydrogen-bond donors (Lipinski definition) is 0. The van der Waals surface area contributed by atoms with Crippen molar-refractivity contribution in [3.05, 3.63) is 8.73 Å². The maximum absolute atomic E-state index is 11.4. The Morgan fingerprint density at radius 2 is 1.00 bits per heavy atom. The fourth-order valence-electron chi connectivity index (χ4n) is 0.627. The lowest BCUT2D eigenvalue weighted by Crippen LogP contribution is -2.14. The topological polar surface area (TPSA) is 68.3 Å². The Morgan fingerprint density at radius 1 is 0.750 bits per heavy atom. The van der Waals surface area contributed by atoms with E-state index in [-0.39, 0.29) is 11.8 Å². The molecule has 0 unspecified atom stereocenters. The lowest BCUT2D eigenvalue weighted by atomic mass is 11.0. The van der Waals surface area contributed by atoms with Crippen LogP contribution in [0.15, 0.2) is 8.73 Å². The Labute approximate surface area is 114 Å². The van der Waals surface area contributed by atoms with Crippen LogP contribution in [0.5, 0.6) is 0 Å². The summed E-state index contributed by atoms with van der Waals surface area (Å²) in [7, 11) is -7.90. The molecule has 0 radical (unpaired) electrons. The Balaban J connectivity index is 5.44. The Bertz CT molecular complexity index is 421. The van der Waals surface area contributed by atoms with Crippen LogP contribution < -0.4 is 0 Å². The second-order valence-corrected chi connectivity index (χ2v) is 8.62. The van der Waals surface area contributed by atoms with Gasteiger partial charge in [-0.3, -0.25) is 0 Å². The van der Waals surface area contributed by atoms with E-state index >= 15 is 0 Å². The maximum Gasteiger partial charge on any atom is 0.192 e. The van der Waals surface area contributed by atoms with Crippen molar-refractivity contribution in [2.45, 2.75) is 0 Å². The zero-order valence-corrected chi connectivity index (χ0v) is 12.4. The Kier molecular flexibility index (Phi) is 6.99. The van der Waals surface area contributed by atoms with Crippen molar-refractivity contribution < 1.29 is 16.8 Å². The third-order valence-corrected chi connectivity index (χ3v) is 7.44. The zero-order chi connectivity index (χ0) is 13.0. The van der Waals surface area contributed by atoms with E-state index in [1.165, 1.54) is 0 Å². The summed E-state index contributed by atoms with van der Waals surface area (Å²) in [4.78, 5) is 0. The summed E-state index contributed by atoms with van der Waals surface area (Å²) in [5.74, 6) is -1.39. The zero-order valence-electron chi connectivity index (χ0n) is 7.79. The predicted molar refractivity (Wildman–Crippen MR) is 67.7 cm³/mol. The smallest absolute Gasteiger partial charge is 0.192 e. The van der Waals surface area contributed by atoms with Crippen LogP contribution in [0.3, 0.4) is 0 Å². The molecule has 0 fully saturated rings. The number of hydrogen-bond acceptors (Lipinski definition) is 4. The minimum absolute atomic E-state index is 0.210. The van der Waals surface area contributed by atoms with E-state index in [1.807, 2.05) is 0 Å². The van der Waals surface area contributed by atoms with Crippen molar-refractivity contribution in [1.82, 2.24) is 0 Å². The highest BCUT2D eigenvalue weighted by Crippen LogP contribution is 2.26. The standard InChI is InChI=1S/C6H8Cl4O4S2/c7-1-3-15(11,12)5(9)6(10)16(13,14)4-2-8/h1-4H2/b6-5+. The van der Waals surface area contributed by atoms with E-state index < -0.39 is 39.9 Å². The highest BCUT2D eigenvalue weighted by Gasteiger charge is 2.26. The fraction of sp³-hybridized carbons (Fsp3) is 0.667. The Hall–Kier alpha value is 0.800. The highest BCUT2D eigenvalue weighted by molar-refractivity contribution is 8.01. The van der Waals surface area contributed by atoms with Gasteiger partial charge in [-0.2, -0.15) is 0 Å². The first-order valence-corrected chi connectivity index (χ1v) is 8.94. The first-order chi connectivity index (χ1) is 7.19. The van der Waals surface area contributed by atoms with Crippen molar-refractivity contribution >= 4 is 66.1 Å². The lowest BCUT2D eigenvalue weighted by Gasteiger charge is -2.04. The van der Waals surface area contributed by atoms with Crippen molar-refractivity contribution in [2.24, 2.45) is 0 Å². The van der Waals surface area contributed by atoms with Crippen LogP contribution in [0.4, 0.5) is 0 Å². The summed E-state index contributed by atoms with van der Waals surface area (Å²) < 4.78 is 43.6. The first kappa shape index (κ1) is 16.8. The SMILES string of the molecule is O=S(=O)(CCCl)/C(Cl)=C(\Cl)S(=O)(=O)CCCl. The van der Waals surface area contributed by atoms with Crippen LogP contribution in [0.1, 0.15) is 0 Å². The maximum atomic E-state index is 11.4. The number of rotatable bonds is 6. The van der Waals surface area contributed by atoms with Gasteiger partial charge in [0.25, 0.3) is 0 Å². The predicted octanol–water partition coefficient (Wildman–Crippen LogP) is 1.90. The molecule has 0 aliphatic heterocycles. The molecule has 0 aromatic rings. The molecule has 4 nitrogen and oxygen atoms in total. The van der Waals surface area contributed by atoms with Crippen LogP contribution in [0.2, 0.25) is 0 Å². The van der Waals surface area contributed by atoms with Crippen LogP contribution in [-0.2, 0) is 19.7 Å². The molecule has 0 aliphatic rings. The molecular weight excluding hydrogens is 342 g/mol. The van der Waals surface area contributed by atoms with Gasteiger partial charge in [0.15, 0.2) is 28.4 Å². The molecule has 0 spiro atoms. The molecule has 0 heterocycles. The van der Waals surface area contributed by atoms with Gasteiger partial charge in [0.05, 0.1) is 11.5 Å². The quantitative estimate of drug-likeness (QED) is 0.687. The molecule has 0 bridgehead atoms. The van der Waals surface area contributed by atoms with Gasteiger partial charge in [0.1, 0.15) is 0 Å². The average molecular weight is 350 g/mol. The molecule has 0 aromatic heterocycles. The lowest BCUT2D eigenvalue weighted by molar-refractivity contribution is 0.600. The second kappa shape index (κ2) is 6.66. The van der Waals surface area contributed by atoms with Crippen molar-refractivity contribution in [1.29, 1.82) is 0 Å². The van der Waals surface area contributed by atoms with Gasteiger partial charge in [-0.25, -0.2) is 16.8 Å². The summed E-state index contributed by atoms with van der Waals surface area (Å²) in [6.45, 7) is 0. The molecule has 0 rings (SSSR count). The molecule has 0 amide bonds. The summed E-state index contributed by atoms with van der Waals surface area (Å²) in [6, 6.07) is 0. The van der Waals surface area contributed by atoms with E-state index in [4.69, 9.17) is 46.4 Å². The molecule has 96 valence electrons. The average Bonchev–Trinajstić information content (AvgIpc) is 2.15. The van der Waals surface area contributed by atoms with E-state index in [0.29, 0.717) is 0 Å². The minimum atomic E-state index is -3.95. The molecule has 0 atom stereocenters. The normalized spacial score (nSPS) is 14.8. The van der Waals surface area contributed by atoms with E-state index in [9.17, 15) is 16.8 Å². The molecule has 0 saturated heterocycles. The minimum Gasteiger partial charge on any atom is -0.223 e. The molecule has 0 saturated carbocycles. The van der Waals surface area contributed by atoms with Gasteiger partial charge >= 0.3 is 0 Å². The van der Waals surface area contributed by atoms with Crippen molar-refractivity contribution in [2.75, 3.05) is 23.3 Å². The van der Waals surface area contributed by atoms with Gasteiger partial charge in [-0.15, -0.1) is 23.2 Å².